The maximum absolute atomic E-state index is 12.3. The summed E-state index contributed by atoms with van der Waals surface area (Å²) in [6.07, 6.45) is 2.04. The molecule has 0 spiro atoms. The zero-order valence-electron chi connectivity index (χ0n) is 11.9. The molecule has 1 unspecified atom stereocenters. The first-order valence-corrected chi connectivity index (χ1v) is 8.19. The highest BCUT2D eigenvalue weighted by molar-refractivity contribution is 7.89. The van der Waals surface area contributed by atoms with Crippen LogP contribution in [0.4, 0.5) is 5.69 Å². The van der Waals surface area contributed by atoms with Crippen molar-refractivity contribution in [3.8, 4) is 0 Å². The second-order valence-electron chi connectivity index (χ2n) is 5.25. The van der Waals surface area contributed by atoms with Gasteiger partial charge in [-0.3, -0.25) is 4.79 Å². The second kappa shape index (κ2) is 6.00. The average molecular weight is 312 g/mol. The molecule has 0 radical (unpaired) electrons. The van der Waals surface area contributed by atoms with Crippen molar-refractivity contribution in [2.24, 2.45) is 5.73 Å². The number of anilines is 1. The number of nitrogen functional groups attached to an aromatic ring is 1. The van der Waals surface area contributed by atoms with Crippen LogP contribution in [0, 0.1) is 0 Å². The van der Waals surface area contributed by atoms with E-state index in [1.54, 1.807) is 0 Å². The number of hydrogen-bond acceptors (Lipinski definition) is 5. The Labute approximate surface area is 124 Å². The Morgan fingerprint density at radius 1 is 1.48 bits per heavy atom. The van der Waals surface area contributed by atoms with Crippen molar-refractivity contribution in [1.82, 2.24) is 9.62 Å². The lowest BCUT2D eigenvalue weighted by Crippen LogP contribution is -2.38. The summed E-state index contributed by atoms with van der Waals surface area (Å²) in [5.74, 6) is -0.647. The van der Waals surface area contributed by atoms with Gasteiger partial charge in [0.2, 0.25) is 15.9 Å². The highest BCUT2D eigenvalue weighted by atomic mass is 32.2. The van der Waals surface area contributed by atoms with Crippen LogP contribution in [-0.2, 0) is 10.0 Å². The van der Waals surface area contributed by atoms with Crippen molar-refractivity contribution in [3.05, 3.63) is 23.8 Å². The summed E-state index contributed by atoms with van der Waals surface area (Å²) in [5.41, 5.74) is 11.0. The minimum atomic E-state index is -3.70. The van der Waals surface area contributed by atoms with Gasteiger partial charge in [0.05, 0.1) is 5.69 Å². The molecule has 116 valence electrons. The van der Waals surface area contributed by atoms with Crippen LogP contribution >= 0.6 is 0 Å². The highest BCUT2D eigenvalue weighted by Gasteiger charge is 2.24. The predicted molar refractivity (Wildman–Crippen MR) is 80.2 cm³/mol. The maximum Gasteiger partial charge on any atom is 0.248 e. The SMILES string of the molecule is CN1CCCC1CNS(=O)(=O)c1ccc(C(N)=O)cc1N. The van der Waals surface area contributed by atoms with Gasteiger partial charge in [-0.15, -0.1) is 0 Å². The number of likely N-dealkylation sites (N-methyl/N-ethyl adjacent to an activating group) is 1. The molecule has 0 aliphatic carbocycles. The molecule has 1 aliphatic rings. The summed E-state index contributed by atoms with van der Waals surface area (Å²) in [7, 11) is -1.72. The summed E-state index contributed by atoms with van der Waals surface area (Å²) >= 11 is 0. The molecule has 1 amide bonds. The standard InChI is InChI=1S/C13H20N4O3S/c1-17-6-2-3-10(17)8-16-21(19,20)12-5-4-9(13(15)18)7-11(12)14/h4-5,7,10,16H,2-3,6,8,14H2,1H3,(H2,15,18). The van der Waals surface area contributed by atoms with E-state index in [9.17, 15) is 13.2 Å². The minimum absolute atomic E-state index is 0.0126. The topological polar surface area (TPSA) is 119 Å². The van der Waals surface area contributed by atoms with E-state index in [0.29, 0.717) is 6.54 Å². The molecular formula is C13H20N4O3S. The molecular weight excluding hydrogens is 292 g/mol. The maximum atomic E-state index is 12.3. The Morgan fingerprint density at radius 2 is 2.19 bits per heavy atom. The van der Waals surface area contributed by atoms with Crippen LogP contribution < -0.4 is 16.2 Å². The van der Waals surface area contributed by atoms with Gasteiger partial charge in [-0.05, 0) is 44.6 Å². The molecule has 1 saturated heterocycles. The van der Waals surface area contributed by atoms with Crippen LogP contribution in [0.1, 0.15) is 23.2 Å². The average Bonchev–Trinajstić information content (AvgIpc) is 2.81. The smallest absolute Gasteiger partial charge is 0.248 e. The van der Waals surface area contributed by atoms with Gasteiger partial charge in [-0.1, -0.05) is 0 Å². The number of nitrogens with one attached hydrogen (secondary N) is 1. The Kier molecular flexibility index (Phi) is 4.50. The van der Waals surface area contributed by atoms with Crippen molar-refractivity contribution >= 4 is 21.6 Å². The van der Waals surface area contributed by atoms with Crippen LogP contribution in [0.5, 0.6) is 0 Å². The van der Waals surface area contributed by atoms with E-state index in [2.05, 4.69) is 9.62 Å². The summed E-state index contributed by atoms with van der Waals surface area (Å²) < 4.78 is 27.1. The first kappa shape index (κ1) is 15.7. The number of rotatable bonds is 5. The number of hydrogen-bond donors (Lipinski definition) is 3. The number of nitrogens with two attached hydrogens (primary N) is 2. The van der Waals surface area contributed by atoms with Crippen LogP contribution in [0.15, 0.2) is 23.1 Å². The van der Waals surface area contributed by atoms with Crippen molar-refractivity contribution in [1.29, 1.82) is 0 Å². The fraction of sp³-hybridized carbons (Fsp3) is 0.462. The number of sulfonamides is 1. The van der Waals surface area contributed by atoms with Gasteiger partial charge in [-0.2, -0.15) is 0 Å². The molecule has 0 aromatic heterocycles. The fourth-order valence-electron chi connectivity index (χ4n) is 2.47. The van der Waals surface area contributed by atoms with E-state index in [4.69, 9.17) is 11.5 Å². The lowest BCUT2D eigenvalue weighted by atomic mass is 10.2. The molecule has 1 aromatic carbocycles. The van der Waals surface area contributed by atoms with Crippen molar-refractivity contribution in [2.75, 3.05) is 25.9 Å². The predicted octanol–water partition coefficient (Wildman–Crippen LogP) is -0.260. The van der Waals surface area contributed by atoms with Crippen LogP contribution in [-0.4, -0.2) is 45.4 Å². The molecule has 0 bridgehead atoms. The lowest BCUT2D eigenvalue weighted by Gasteiger charge is -2.20. The van der Waals surface area contributed by atoms with Gasteiger partial charge >= 0.3 is 0 Å². The van der Waals surface area contributed by atoms with Gasteiger partial charge < -0.3 is 16.4 Å². The Balaban J connectivity index is 2.14. The third kappa shape index (κ3) is 3.52. The van der Waals surface area contributed by atoms with Crippen molar-refractivity contribution < 1.29 is 13.2 Å². The molecule has 0 saturated carbocycles. The number of benzene rings is 1. The lowest BCUT2D eigenvalue weighted by molar-refractivity contribution is 0.1000. The Hall–Kier alpha value is -1.64. The highest BCUT2D eigenvalue weighted by Crippen LogP contribution is 2.20. The Bertz CT molecular complexity index is 645. The molecule has 21 heavy (non-hydrogen) atoms. The molecule has 1 aromatic rings. The van der Waals surface area contributed by atoms with Crippen LogP contribution in [0.25, 0.3) is 0 Å². The van der Waals surface area contributed by atoms with Gasteiger partial charge in [0, 0.05) is 18.2 Å². The molecule has 8 heteroatoms. The zero-order chi connectivity index (χ0) is 15.6. The number of amides is 1. The molecule has 1 atom stereocenters. The Morgan fingerprint density at radius 3 is 2.71 bits per heavy atom. The minimum Gasteiger partial charge on any atom is -0.398 e. The van der Waals surface area contributed by atoms with Gasteiger partial charge in [0.1, 0.15) is 4.90 Å². The molecule has 2 rings (SSSR count). The van der Waals surface area contributed by atoms with Gasteiger partial charge in [0.15, 0.2) is 0 Å². The number of carbonyl (C=O) groups is 1. The van der Waals surface area contributed by atoms with E-state index in [1.807, 2.05) is 7.05 Å². The number of primary amides is 1. The number of carbonyl (C=O) groups excluding carboxylic acids is 1. The third-order valence-corrected chi connectivity index (χ3v) is 5.26. The molecule has 1 aliphatic heterocycles. The first-order chi connectivity index (χ1) is 9.81. The van der Waals surface area contributed by atoms with Crippen LogP contribution in [0.2, 0.25) is 0 Å². The fourth-order valence-corrected chi connectivity index (χ4v) is 3.65. The summed E-state index contributed by atoms with van der Waals surface area (Å²) in [6, 6.07) is 4.13. The van der Waals surface area contributed by atoms with Gasteiger partial charge in [-0.25, -0.2) is 13.1 Å². The summed E-state index contributed by atoms with van der Waals surface area (Å²) in [5, 5.41) is 0. The van der Waals surface area contributed by atoms with Gasteiger partial charge in [0.25, 0.3) is 0 Å². The summed E-state index contributed by atoms with van der Waals surface area (Å²) in [4.78, 5) is 13.1. The van der Waals surface area contributed by atoms with E-state index in [-0.39, 0.29) is 22.2 Å². The van der Waals surface area contributed by atoms with E-state index >= 15 is 0 Å². The normalized spacial score (nSPS) is 19.8. The molecule has 5 N–H and O–H groups in total. The van der Waals surface area contributed by atoms with Crippen LogP contribution in [0.3, 0.4) is 0 Å². The largest absolute Gasteiger partial charge is 0.398 e. The summed E-state index contributed by atoms with van der Waals surface area (Å²) in [6.45, 7) is 1.32. The number of likely N-dealkylation sites (tertiary alicyclic amines) is 1. The van der Waals surface area contributed by atoms with Crippen molar-refractivity contribution in [2.45, 2.75) is 23.8 Å². The monoisotopic (exact) mass is 312 g/mol. The number of nitrogens with zero attached hydrogens (tertiary/aromatic N) is 1. The van der Waals surface area contributed by atoms with Crippen molar-refractivity contribution in [3.63, 3.8) is 0 Å². The second-order valence-corrected chi connectivity index (χ2v) is 6.98. The van der Waals surface area contributed by atoms with E-state index in [0.717, 1.165) is 19.4 Å². The first-order valence-electron chi connectivity index (χ1n) is 6.70. The molecule has 7 nitrogen and oxygen atoms in total. The molecule has 1 fully saturated rings. The third-order valence-electron chi connectivity index (χ3n) is 3.76. The van der Waals surface area contributed by atoms with E-state index in [1.165, 1.54) is 18.2 Å². The zero-order valence-corrected chi connectivity index (χ0v) is 12.7. The molecule has 1 heterocycles. The quantitative estimate of drug-likeness (QED) is 0.647. The van der Waals surface area contributed by atoms with E-state index < -0.39 is 15.9 Å².